The summed E-state index contributed by atoms with van der Waals surface area (Å²) in [7, 11) is 0. The maximum atomic E-state index is 13.1. The van der Waals surface area contributed by atoms with Gasteiger partial charge in [0.25, 0.3) is 0 Å². The normalized spacial score (nSPS) is 55.1. The van der Waals surface area contributed by atoms with Gasteiger partial charge in [0, 0.05) is 0 Å². The van der Waals surface area contributed by atoms with Crippen molar-refractivity contribution < 1.29 is 59.5 Å². The van der Waals surface area contributed by atoms with Crippen molar-refractivity contribution in [1.29, 1.82) is 0 Å². The Hall–Kier alpha value is -1.19. The van der Waals surface area contributed by atoms with Gasteiger partial charge in [-0.1, -0.05) is 60.1 Å². The average Bonchev–Trinajstić information content (AvgIpc) is 3.10. The van der Waals surface area contributed by atoms with Crippen molar-refractivity contribution in [3.8, 4) is 0 Å². The molecule has 19 atom stereocenters. The fourth-order valence-corrected chi connectivity index (χ4v) is 13.6. The Balaban J connectivity index is 1.06. The molecular weight excluding hydrogens is 684 g/mol. The lowest BCUT2D eigenvalue weighted by Crippen LogP contribution is -2.66. The van der Waals surface area contributed by atoms with Crippen molar-refractivity contribution in [2.75, 3.05) is 13.2 Å². The standard InChI is InChI=1S/C41H66O12/c1-20-10-15-41(36(48)49)17-16-39(6)22(28(41)21(20)2)8-9-26-38(5)13-12-27(37(3,4)25(38)11-14-40(26,39)7)53-34-32(46)30(44)24(19-50-34)52-35-33(47)31(45)29(43)23(18-42)51-35/h8,20-21,23-35,42-47H,9-19H2,1-7H3,(H,48,49)/t20-,21+,23-,24-,25+,26-,27+,28+,29-,30+,31+,32-,33-,34+,35+,38+,39-,40-,41+/m1/s1. The zero-order chi connectivity index (χ0) is 38.6. The lowest BCUT2D eigenvalue weighted by atomic mass is 9.33. The summed E-state index contributed by atoms with van der Waals surface area (Å²) in [5.74, 6) is 1.05. The quantitative estimate of drug-likeness (QED) is 0.155. The third kappa shape index (κ3) is 5.77. The molecule has 0 amide bonds. The molecule has 53 heavy (non-hydrogen) atoms. The van der Waals surface area contributed by atoms with Crippen molar-refractivity contribution in [3.63, 3.8) is 0 Å². The molecule has 0 spiro atoms. The summed E-state index contributed by atoms with van der Waals surface area (Å²) in [5, 5.41) is 73.3. The highest BCUT2D eigenvalue weighted by Gasteiger charge is 2.70. The van der Waals surface area contributed by atoms with Crippen LogP contribution in [0.15, 0.2) is 11.6 Å². The first-order valence-corrected chi connectivity index (χ1v) is 20.3. The number of aliphatic carboxylic acids is 1. The molecule has 12 nitrogen and oxygen atoms in total. The summed E-state index contributed by atoms with van der Waals surface area (Å²) in [6, 6.07) is 0. The predicted molar refractivity (Wildman–Crippen MR) is 192 cm³/mol. The van der Waals surface area contributed by atoms with E-state index < -0.39 is 73.3 Å². The van der Waals surface area contributed by atoms with Crippen LogP contribution < -0.4 is 0 Å². The second-order valence-corrected chi connectivity index (χ2v) is 19.6. The molecule has 2 saturated heterocycles. The molecule has 7 aliphatic rings. The molecule has 7 N–H and O–H groups in total. The second-order valence-electron chi connectivity index (χ2n) is 19.6. The molecule has 12 heteroatoms. The Bertz CT molecular complexity index is 1420. The van der Waals surface area contributed by atoms with Gasteiger partial charge < -0.3 is 54.7 Å². The van der Waals surface area contributed by atoms with Crippen LogP contribution in [0.1, 0.15) is 106 Å². The molecule has 6 fully saturated rings. The maximum Gasteiger partial charge on any atom is 0.310 e. The molecule has 302 valence electrons. The van der Waals surface area contributed by atoms with E-state index in [4.69, 9.17) is 18.9 Å². The third-order valence-electron chi connectivity index (χ3n) is 17.2. The second kappa shape index (κ2) is 13.7. The molecule has 0 bridgehead atoms. The van der Waals surface area contributed by atoms with E-state index in [1.807, 2.05) is 0 Å². The van der Waals surface area contributed by atoms with E-state index >= 15 is 0 Å². The average molecular weight is 751 g/mol. The van der Waals surface area contributed by atoms with Crippen molar-refractivity contribution in [2.24, 2.45) is 56.7 Å². The molecule has 2 heterocycles. The number of hydrogen-bond acceptors (Lipinski definition) is 11. The summed E-state index contributed by atoms with van der Waals surface area (Å²) >= 11 is 0. The van der Waals surface area contributed by atoms with E-state index in [2.05, 4.69) is 54.5 Å². The van der Waals surface area contributed by atoms with Crippen LogP contribution in [-0.2, 0) is 23.7 Å². The number of aliphatic hydroxyl groups is 6. The molecule has 4 saturated carbocycles. The van der Waals surface area contributed by atoms with Gasteiger partial charge >= 0.3 is 5.97 Å². The number of carboxylic acid groups (broad SMARTS) is 1. The molecule has 0 aromatic rings. The molecule has 0 unspecified atom stereocenters. The van der Waals surface area contributed by atoms with Gasteiger partial charge in [0.15, 0.2) is 12.6 Å². The summed E-state index contributed by atoms with van der Waals surface area (Å²) in [6.45, 7) is 15.8. The summed E-state index contributed by atoms with van der Waals surface area (Å²) in [4.78, 5) is 13.1. The summed E-state index contributed by atoms with van der Waals surface area (Å²) in [5.41, 5.74) is 0.461. The molecule has 7 rings (SSSR count). The Morgan fingerprint density at radius 1 is 0.811 bits per heavy atom. The molecule has 0 radical (unpaired) electrons. The van der Waals surface area contributed by atoms with E-state index in [1.54, 1.807) is 0 Å². The largest absolute Gasteiger partial charge is 0.481 e. The highest BCUT2D eigenvalue weighted by atomic mass is 16.7. The predicted octanol–water partition coefficient (Wildman–Crippen LogP) is 3.38. The smallest absolute Gasteiger partial charge is 0.310 e. The van der Waals surface area contributed by atoms with Crippen LogP contribution in [0.4, 0.5) is 0 Å². The molecule has 0 aromatic carbocycles. The number of carbonyl (C=O) groups is 1. The molecule has 0 aromatic heterocycles. The number of aliphatic hydroxyl groups excluding tert-OH is 6. The van der Waals surface area contributed by atoms with Crippen molar-refractivity contribution >= 4 is 5.97 Å². The highest BCUT2D eigenvalue weighted by Crippen LogP contribution is 2.76. The van der Waals surface area contributed by atoms with E-state index in [1.165, 1.54) is 5.57 Å². The van der Waals surface area contributed by atoms with Gasteiger partial charge in [0.1, 0.15) is 42.7 Å². The zero-order valence-electron chi connectivity index (χ0n) is 32.7. The summed E-state index contributed by atoms with van der Waals surface area (Å²) < 4.78 is 23.7. The monoisotopic (exact) mass is 750 g/mol. The minimum absolute atomic E-state index is 0.0180. The van der Waals surface area contributed by atoms with Crippen LogP contribution >= 0.6 is 0 Å². The topological polar surface area (TPSA) is 196 Å². The number of fused-ring (bicyclic) bond motifs is 7. The van der Waals surface area contributed by atoms with Gasteiger partial charge in [-0.2, -0.15) is 0 Å². The van der Waals surface area contributed by atoms with Crippen LogP contribution in [-0.4, -0.2) is 116 Å². The highest BCUT2D eigenvalue weighted by molar-refractivity contribution is 5.76. The van der Waals surface area contributed by atoms with Gasteiger partial charge in [-0.25, -0.2) is 0 Å². The van der Waals surface area contributed by atoms with Crippen LogP contribution in [0, 0.1) is 56.7 Å². The lowest BCUT2D eigenvalue weighted by Gasteiger charge is -2.71. The maximum absolute atomic E-state index is 13.1. The van der Waals surface area contributed by atoms with E-state index in [9.17, 15) is 40.5 Å². The molecule has 5 aliphatic carbocycles. The van der Waals surface area contributed by atoms with Crippen molar-refractivity contribution in [2.45, 2.75) is 168 Å². The Morgan fingerprint density at radius 2 is 1.51 bits per heavy atom. The van der Waals surface area contributed by atoms with Crippen LogP contribution in [0.3, 0.4) is 0 Å². The number of allylic oxidation sites excluding steroid dienone is 2. The minimum atomic E-state index is -1.65. The minimum Gasteiger partial charge on any atom is -0.481 e. The summed E-state index contributed by atoms with van der Waals surface area (Å²) in [6.07, 6.45) is -2.26. The first kappa shape index (κ1) is 40.0. The van der Waals surface area contributed by atoms with Gasteiger partial charge in [-0.15, -0.1) is 0 Å². The third-order valence-corrected chi connectivity index (χ3v) is 17.2. The number of hydrogen-bond donors (Lipinski definition) is 7. The SMILES string of the molecule is C[C@H]1[C@H](C)CC[C@]2(C(=O)O)CC[C@]3(C)C(=CC[C@@H]4[C@@]5(C)CC[C@H](O[C@@H]6OC[C@@H](O[C@@H]7O[C@H](CO)[C@@H](O)[C@H](O)[C@H]7O)[C@H](O)[C@H]6O)C(C)(C)[C@@H]5CC[C@]43C)[C@H]12. The van der Waals surface area contributed by atoms with Crippen molar-refractivity contribution in [3.05, 3.63) is 11.6 Å². The van der Waals surface area contributed by atoms with Gasteiger partial charge in [-0.3, -0.25) is 4.79 Å². The number of carboxylic acids is 1. The fraction of sp³-hybridized carbons (Fsp3) is 0.927. The lowest BCUT2D eigenvalue weighted by molar-refractivity contribution is -0.351. The van der Waals surface area contributed by atoms with E-state index in [-0.39, 0.29) is 40.3 Å². The van der Waals surface area contributed by atoms with Crippen molar-refractivity contribution in [1.82, 2.24) is 0 Å². The first-order valence-electron chi connectivity index (χ1n) is 20.3. The Labute approximate surface area is 314 Å². The zero-order valence-corrected chi connectivity index (χ0v) is 32.7. The Morgan fingerprint density at radius 3 is 2.19 bits per heavy atom. The van der Waals surface area contributed by atoms with E-state index in [0.29, 0.717) is 23.7 Å². The molecule has 2 aliphatic heterocycles. The van der Waals surface area contributed by atoms with Crippen LogP contribution in [0.2, 0.25) is 0 Å². The van der Waals surface area contributed by atoms with E-state index in [0.717, 1.165) is 57.8 Å². The van der Waals surface area contributed by atoms with Crippen LogP contribution in [0.25, 0.3) is 0 Å². The van der Waals surface area contributed by atoms with Gasteiger partial charge in [0.2, 0.25) is 0 Å². The number of ether oxygens (including phenoxy) is 4. The van der Waals surface area contributed by atoms with Crippen LogP contribution in [0.5, 0.6) is 0 Å². The Kier molecular flexibility index (Phi) is 10.4. The van der Waals surface area contributed by atoms with Gasteiger partial charge in [0.05, 0.1) is 24.7 Å². The first-order chi connectivity index (χ1) is 24.8. The van der Waals surface area contributed by atoms with Gasteiger partial charge in [-0.05, 0) is 109 Å². The molecular formula is C41H66O12. The number of rotatable bonds is 6. The fourth-order valence-electron chi connectivity index (χ4n) is 13.6.